The Morgan fingerprint density at radius 3 is 2.61 bits per heavy atom. The molecule has 0 spiro atoms. The van der Waals surface area contributed by atoms with Crippen LogP contribution in [0.25, 0.3) is 0 Å². The number of nitro groups is 1. The van der Waals surface area contributed by atoms with Crippen LogP contribution in [0, 0.1) is 10.1 Å². The number of hydrazone groups is 1. The Hall–Kier alpha value is -4.40. The third-order valence-electron chi connectivity index (χ3n) is 4.23. The molecule has 0 radical (unpaired) electrons. The average molecular weight is 420 g/mol. The highest BCUT2D eigenvalue weighted by molar-refractivity contribution is 5.95. The number of anilines is 1. The monoisotopic (exact) mass is 420 g/mol. The Balaban J connectivity index is 1.79. The maximum Gasteiger partial charge on any atom is 0.315 e. The van der Waals surface area contributed by atoms with Gasteiger partial charge >= 0.3 is 5.69 Å². The van der Waals surface area contributed by atoms with E-state index in [4.69, 9.17) is 15.2 Å². The average Bonchev–Trinajstić information content (AvgIpc) is 2.78. The molecule has 0 aliphatic carbocycles. The summed E-state index contributed by atoms with van der Waals surface area (Å²) in [5, 5.41) is 15.5. The molecule has 3 rings (SSSR count). The minimum Gasteiger partial charge on any atom is -0.493 e. The predicted octanol–water partition coefficient (Wildman–Crippen LogP) is 3.53. The van der Waals surface area contributed by atoms with Gasteiger partial charge < -0.3 is 15.2 Å². The van der Waals surface area contributed by atoms with Crippen molar-refractivity contribution in [2.45, 2.75) is 6.61 Å². The van der Waals surface area contributed by atoms with Gasteiger partial charge in [-0.1, -0.05) is 36.4 Å². The van der Waals surface area contributed by atoms with E-state index in [2.05, 4.69) is 10.5 Å². The van der Waals surface area contributed by atoms with Crippen molar-refractivity contribution in [3.63, 3.8) is 0 Å². The first-order chi connectivity index (χ1) is 15.0. The molecule has 0 saturated heterocycles. The van der Waals surface area contributed by atoms with E-state index < -0.39 is 10.8 Å². The molecule has 0 fully saturated rings. The van der Waals surface area contributed by atoms with Crippen LogP contribution in [0.2, 0.25) is 0 Å². The molecule has 9 heteroatoms. The number of nitro benzene ring substituents is 1. The lowest BCUT2D eigenvalue weighted by Crippen LogP contribution is -2.17. The van der Waals surface area contributed by atoms with Crippen molar-refractivity contribution in [2.24, 2.45) is 5.10 Å². The topological polar surface area (TPSA) is 129 Å². The number of hydrogen-bond donors (Lipinski definition) is 2. The molecular weight excluding hydrogens is 400 g/mol. The van der Waals surface area contributed by atoms with Gasteiger partial charge in [0.1, 0.15) is 6.61 Å². The fourth-order valence-electron chi connectivity index (χ4n) is 2.75. The number of nitrogens with two attached hydrogens (primary N) is 1. The van der Waals surface area contributed by atoms with Gasteiger partial charge in [0.05, 0.1) is 18.2 Å². The first kappa shape index (κ1) is 21.3. The number of methoxy groups -OCH3 is 1. The summed E-state index contributed by atoms with van der Waals surface area (Å²) in [6.07, 6.45) is 1.28. The molecule has 31 heavy (non-hydrogen) atoms. The number of ether oxygens (including phenoxy) is 2. The Bertz CT molecular complexity index is 1120. The zero-order valence-corrected chi connectivity index (χ0v) is 16.6. The molecule has 3 N–H and O–H groups in total. The van der Waals surface area contributed by atoms with Crippen molar-refractivity contribution < 1.29 is 19.2 Å². The second-order valence-corrected chi connectivity index (χ2v) is 6.43. The van der Waals surface area contributed by atoms with Gasteiger partial charge in [-0.15, -0.1) is 0 Å². The Morgan fingerprint density at radius 2 is 1.94 bits per heavy atom. The SMILES string of the molecule is COc1cc(/C=N\NC(=O)c2cccc(N)c2)cc([N+](=O)[O-])c1OCc1ccccc1. The van der Waals surface area contributed by atoms with Gasteiger partial charge in [0.2, 0.25) is 5.75 Å². The number of nitrogens with zero attached hydrogens (tertiary/aromatic N) is 2. The fraction of sp³-hybridized carbons (Fsp3) is 0.0909. The first-order valence-electron chi connectivity index (χ1n) is 9.20. The summed E-state index contributed by atoms with van der Waals surface area (Å²) in [6, 6.07) is 18.5. The number of rotatable bonds is 8. The van der Waals surface area contributed by atoms with Gasteiger partial charge in [0.15, 0.2) is 5.75 Å². The summed E-state index contributed by atoms with van der Waals surface area (Å²) in [4.78, 5) is 23.2. The van der Waals surface area contributed by atoms with E-state index in [1.165, 1.54) is 31.5 Å². The molecule has 158 valence electrons. The summed E-state index contributed by atoms with van der Waals surface area (Å²) in [5.41, 5.74) is 9.73. The molecular formula is C22H20N4O5. The minimum absolute atomic E-state index is 0.0114. The highest BCUT2D eigenvalue weighted by atomic mass is 16.6. The quantitative estimate of drug-likeness (QED) is 0.248. The summed E-state index contributed by atoms with van der Waals surface area (Å²) in [6.45, 7) is 0.141. The minimum atomic E-state index is -0.564. The molecule has 0 aliphatic heterocycles. The summed E-state index contributed by atoms with van der Waals surface area (Å²) < 4.78 is 11.0. The highest BCUT2D eigenvalue weighted by Gasteiger charge is 2.22. The number of carbonyl (C=O) groups is 1. The van der Waals surface area contributed by atoms with Crippen LogP contribution >= 0.6 is 0 Å². The molecule has 3 aromatic carbocycles. The predicted molar refractivity (Wildman–Crippen MR) is 116 cm³/mol. The summed E-state index contributed by atoms with van der Waals surface area (Å²) in [5.74, 6) is -0.279. The lowest BCUT2D eigenvalue weighted by atomic mass is 10.1. The van der Waals surface area contributed by atoms with Crippen LogP contribution in [0.5, 0.6) is 11.5 Å². The van der Waals surface area contributed by atoms with Gasteiger partial charge in [-0.05, 0) is 29.8 Å². The summed E-state index contributed by atoms with van der Waals surface area (Å²) >= 11 is 0. The number of hydrogen-bond acceptors (Lipinski definition) is 7. The van der Waals surface area contributed by atoms with E-state index in [-0.39, 0.29) is 23.8 Å². The van der Waals surface area contributed by atoms with Gasteiger partial charge in [0, 0.05) is 22.9 Å². The number of carbonyl (C=O) groups excluding carboxylic acids is 1. The second kappa shape index (κ2) is 9.88. The molecule has 0 saturated carbocycles. The Labute approximate surface area is 178 Å². The maximum atomic E-state index is 12.1. The second-order valence-electron chi connectivity index (χ2n) is 6.43. The van der Waals surface area contributed by atoms with Crippen molar-refractivity contribution >= 4 is 23.5 Å². The number of nitrogens with one attached hydrogen (secondary N) is 1. The first-order valence-corrected chi connectivity index (χ1v) is 9.20. The molecule has 0 unspecified atom stereocenters. The van der Waals surface area contributed by atoms with E-state index in [1.54, 1.807) is 18.2 Å². The summed E-state index contributed by atoms with van der Waals surface area (Å²) in [7, 11) is 1.39. The largest absolute Gasteiger partial charge is 0.493 e. The lowest BCUT2D eigenvalue weighted by molar-refractivity contribution is -0.386. The van der Waals surface area contributed by atoms with Crippen LogP contribution in [-0.2, 0) is 6.61 Å². The maximum absolute atomic E-state index is 12.1. The third-order valence-corrected chi connectivity index (χ3v) is 4.23. The van der Waals surface area contributed by atoms with Crippen molar-refractivity contribution in [2.75, 3.05) is 12.8 Å². The van der Waals surface area contributed by atoms with Crippen molar-refractivity contribution in [3.05, 3.63) is 93.5 Å². The van der Waals surface area contributed by atoms with E-state index >= 15 is 0 Å². The van der Waals surface area contributed by atoms with Crippen LogP contribution in [0.4, 0.5) is 11.4 Å². The van der Waals surface area contributed by atoms with Crippen LogP contribution < -0.4 is 20.6 Å². The van der Waals surface area contributed by atoms with Crippen LogP contribution in [-0.4, -0.2) is 24.2 Å². The van der Waals surface area contributed by atoms with Gasteiger partial charge in [0.25, 0.3) is 5.91 Å². The van der Waals surface area contributed by atoms with Crippen LogP contribution in [0.3, 0.4) is 0 Å². The molecule has 3 aromatic rings. The molecule has 0 heterocycles. The van der Waals surface area contributed by atoms with Crippen molar-refractivity contribution in [3.8, 4) is 11.5 Å². The van der Waals surface area contributed by atoms with E-state index in [0.717, 1.165) is 5.56 Å². The zero-order valence-electron chi connectivity index (χ0n) is 16.6. The zero-order chi connectivity index (χ0) is 22.2. The highest BCUT2D eigenvalue weighted by Crippen LogP contribution is 2.38. The molecule has 9 nitrogen and oxygen atoms in total. The van der Waals surface area contributed by atoms with Crippen LogP contribution in [0.1, 0.15) is 21.5 Å². The van der Waals surface area contributed by atoms with Crippen molar-refractivity contribution in [1.82, 2.24) is 5.43 Å². The molecule has 0 aromatic heterocycles. The molecule has 0 atom stereocenters. The van der Waals surface area contributed by atoms with E-state index in [0.29, 0.717) is 16.8 Å². The van der Waals surface area contributed by atoms with E-state index in [9.17, 15) is 14.9 Å². The Kier molecular flexibility index (Phi) is 6.79. The normalized spacial score (nSPS) is 10.6. The van der Waals surface area contributed by atoms with E-state index in [1.807, 2.05) is 30.3 Å². The lowest BCUT2D eigenvalue weighted by Gasteiger charge is -2.12. The molecule has 1 amide bonds. The van der Waals surface area contributed by atoms with Gasteiger partial charge in [-0.25, -0.2) is 5.43 Å². The Morgan fingerprint density at radius 1 is 1.16 bits per heavy atom. The van der Waals surface area contributed by atoms with Gasteiger partial charge in [-0.2, -0.15) is 5.10 Å². The third kappa shape index (κ3) is 5.57. The number of nitrogen functional groups attached to an aromatic ring is 1. The number of amides is 1. The fourth-order valence-corrected chi connectivity index (χ4v) is 2.75. The number of benzene rings is 3. The van der Waals surface area contributed by atoms with Crippen molar-refractivity contribution in [1.29, 1.82) is 0 Å². The smallest absolute Gasteiger partial charge is 0.315 e. The molecule has 0 aliphatic rings. The standard InChI is InChI=1S/C22H20N4O5/c1-30-20-11-16(13-24-25-22(27)17-8-5-9-18(23)12-17)10-19(26(28)29)21(20)31-14-15-6-3-2-4-7-15/h2-13H,14,23H2,1H3,(H,25,27)/b24-13-. The molecule has 0 bridgehead atoms. The van der Waals surface area contributed by atoms with Gasteiger partial charge in [-0.3, -0.25) is 14.9 Å². The van der Waals surface area contributed by atoms with Crippen LogP contribution in [0.15, 0.2) is 71.8 Å².